The smallest absolute Gasteiger partial charge is 0.0602 e. The van der Waals surface area contributed by atoms with Crippen molar-refractivity contribution in [1.82, 2.24) is 5.01 Å². The Morgan fingerprint density at radius 2 is 2.12 bits per heavy atom. The van der Waals surface area contributed by atoms with Gasteiger partial charge in [-0.25, -0.2) is 5.01 Å². The highest BCUT2D eigenvalue weighted by molar-refractivity contribution is 5.53. The summed E-state index contributed by atoms with van der Waals surface area (Å²) in [6, 6.07) is 0. The molecule has 1 heterocycles. The number of rotatable bonds is 3. The first-order valence-electron chi connectivity index (χ1n) is 5.95. The highest BCUT2D eigenvalue weighted by Gasteiger charge is 2.14. The molecule has 0 aromatic heterocycles. The van der Waals surface area contributed by atoms with E-state index in [2.05, 4.69) is 50.2 Å². The van der Waals surface area contributed by atoms with Crippen molar-refractivity contribution in [1.29, 1.82) is 0 Å². The second-order valence-electron chi connectivity index (χ2n) is 4.61. The lowest BCUT2D eigenvalue weighted by molar-refractivity contribution is 0.508. The molecule has 1 rings (SSSR count). The molecule has 1 aliphatic heterocycles. The first-order chi connectivity index (χ1) is 7.59. The molecule has 0 spiro atoms. The zero-order valence-electron chi connectivity index (χ0n) is 10.8. The van der Waals surface area contributed by atoms with Crippen molar-refractivity contribution in [3.8, 4) is 0 Å². The summed E-state index contributed by atoms with van der Waals surface area (Å²) in [5.74, 6) is 0. The largest absolute Gasteiger partial charge is 0.242 e. The molecule has 1 aliphatic rings. The Morgan fingerprint density at radius 3 is 2.75 bits per heavy atom. The van der Waals surface area contributed by atoms with Crippen molar-refractivity contribution in [3.05, 3.63) is 36.2 Å². The lowest BCUT2D eigenvalue weighted by atomic mass is 9.93. The van der Waals surface area contributed by atoms with Crippen LogP contribution in [0.15, 0.2) is 41.3 Å². The van der Waals surface area contributed by atoms with Gasteiger partial charge in [0, 0.05) is 17.8 Å². The topological polar surface area (TPSA) is 15.6 Å². The van der Waals surface area contributed by atoms with E-state index in [1.54, 1.807) is 0 Å². The van der Waals surface area contributed by atoms with Crippen molar-refractivity contribution in [3.63, 3.8) is 0 Å². The Hall–Kier alpha value is -1.31. The molecule has 88 valence electrons. The number of allylic oxidation sites excluding steroid dienone is 4. The monoisotopic (exact) mass is 218 g/mol. The van der Waals surface area contributed by atoms with E-state index >= 15 is 0 Å². The quantitative estimate of drug-likeness (QED) is 0.651. The lowest BCUT2D eigenvalue weighted by Gasteiger charge is -2.14. The van der Waals surface area contributed by atoms with Crippen LogP contribution in [0.3, 0.4) is 0 Å². The standard InChI is InChI=1S/C14H22N2/c1-5-7-8-13-9-10-14(3,4)11-12-16(13)15-6-2/h6,8-12H,5,7H2,1-4H3/b13-8+,15-6-. The second kappa shape index (κ2) is 5.69. The van der Waals surface area contributed by atoms with E-state index in [4.69, 9.17) is 0 Å². The third-order valence-corrected chi connectivity index (χ3v) is 2.48. The molecular weight excluding hydrogens is 196 g/mol. The summed E-state index contributed by atoms with van der Waals surface area (Å²) >= 11 is 0. The van der Waals surface area contributed by atoms with Crippen LogP contribution in [0.1, 0.15) is 40.5 Å². The van der Waals surface area contributed by atoms with E-state index in [0.717, 1.165) is 18.5 Å². The fourth-order valence-corrected chi connectivity index (χ4v) is 1.46. The summed E-state index contributed by atoms with van der Waals surface area (Å²) in [5.41, 5.74) is 1.25. The Labute approximate surface area is 99.0 Å². The van der Waals surface area contributed by atoms with Crippen molar-refractivity contribution >= 4 is 6.21 Å². The van der Waals surface area contributed by atoms with E-state index in [9.17, 15) is 0 Å². The van der Waals surface area contributed by atoms with E-state index < -0.39 is 0 Å². The molecule has 0 saturated carbocycles. The van der Waals surface area contributed by atoms with Gasteiger partial charge in [0.05, 0.1) is 5.70 Å². The minimum absolute atomic E-state index is 0.101. The first kappa shape index (κ1) is 12.8. The molecule has 0 radical (unpaired) electrons. The summed E-state index contributed by atoms with van der Waals surface area (Å²) in [6.45, 7) is 8.50. The minimum Gasteiger partial charge on any atom is -0.242 e. The molecule has 0 N–H and O–H groups in total. The van der Waals surface area contributed by atoms with Gasteiger partial charge in [-0.3, -0.25) is 0 Å². The van der Waals surface area contributed by atoms with Crippen molar-refractivity contribution in [2.45, 2.75) is 40.5 Å². The normalized spacial score (nSPS) is 22.0. The molecule has 0 atom stereocenters. The SMILES string of the molecule is C/C=N\N1C=CC(C)(C)C=C/C1=C\CCC. The predicted octanol–water partition coefficient (Wildman–Crippen LogP) is 4.09. The minimum atomic E-state index is 0.101. The maximum absolute atomic E-state index is 4.35. The highest BCUT2D eigenvalue weighted by atomic mass is 15.4. The molecule has 0 aromatic rings. The predicted molar refractivity (Wildman–Crippen MR) is 71.1 cm³/mol. The summed E-state index contributed by atoms with van der Waals surface area (Å²) in [4.78, 5) is 0. The second-order valence-corrected chi connectivity index (χ2v) is 4.61. The number of unbranched alkanes of at least 4 members (excludes halogenated alkanes) is 1. The number of hydrogen-bond donors (Lipinski definition) is 0. The van der Waals surface area contributed by atoms with Crippen LogP contribution >= 0.6 is 0 Å². The van der Waals surface area contributed by atoms with Gasteiger partial charge in [-0.1, -0.05) is 45.4 Å². The van der Waals surface area contributed by atoms with Gasteiger partial charge < -0.3 is 0 Å². The van der Waals surface area contributed by atoms with Crippen molar-refractivity contribution in [2.24, 2.45) is 10.5 Å². The van der Waals surface area contributed by atoms with Crippen LogP contribution in [-0.2, 0) is 0 Å². The summed E-state index contributed by atoms with van der Waals surface area (Å²) in [7, 11) is 0. The maximum atomic E-state index is 4.35. The lowest BCUT2D eigenvalue weighted by Crippen LogP contribution is -2.07. The van der Waals surface area contributed by atoms with Gasteiger partial charge >= 0.3 is 0 Å². The molecule has 16 heavy (non-hydrogen) atoms. The number of nitrogens with zero attached hydrogens (tertiary/aromatic N) is 2. The van der Waals surface area contributed by atoms with Gasteiger partial charge in [-0.05, 0) is 19.4 Å². The molecule has 0 aromatic carbocycles. The number of hydrazone groups is 1. The highest BCUT2D eigenvalue weighted by Crippen LogP contribution is 2.25. The zero-order valence-corrected chi connectivity index (χ0v) is 10.8. The summed E-state index contributed by atoms with van der Waals surface area (Å²) < 4.78 is 0. The van der Waals surface area contributed by atoms with Gasteiger partial charge in [0.2, 0.25) is 0 Å². The average molecular weight is 218 g/mol. The molecule has 2 heteroatoms. The first-order valence-corrected chi connectivity index (χ1v) is 5.95. The molecule has 0 saturated heterocycles. The van der Waals surface area contributed by atoms with E-state index in [1.807, 2.05) is 24.3 Å². The van der Waals surface area contributed by atoms with Crippen LogP contribution in [0.25, 0.3) is 0 Å². The molecule has 0 bridgehead atoms. The Kier molecular flexibility index (Phi) is 4.53. The average Bonchev–Trinajstić information content (AvgIpc) is 2.37. The zero-order chi connectivity index (χ0) is 12.0. The Morgan fingerprint density at radius 1 is 1.38 bits per heavy atom. The van der Waals surface area contributed by atoms with Crippen LogP contribution < -0.4 is 0 Å². The summed E-state index contributed by atoms with van der Waals surface area (Å²) in [6.07, 6.45) is 14.9. The van der Waals surface area contributed by atoms with Gasteiger partial charge in [-0.2, -0.15) is 5.10 Å². The van der Waals surface area contributed by atoms with Crippen LogP contribution in [0.2, 0.25) is 0 Å². The molecule has 0 unspecified atom stereocenters. The van der Waals surface area contributed by atoms with Crippen LogP contribution in [0.4, 0.5) is 0 Å². The van der Waals surface area contributed by atoms with Gasteiger partial charge in [-0.15, -0.1) is 0 Å². The van der Waals surface area contributed by atoms with E-state index in [-0.39, 0.29) is 5.41 Å². The third kappa shape index (κ3) is 3.69. The summed E-state index contributed by atoms with van der Waals surface area (Å²) in [5, 5.41) is 6.28. The van der Waals surface area contributed by atoms with Gasteiger partial charge in [0.15, 0.2) is 0 Å². The van der Waals surface area contributed by atoms with Crippen molar-refractivity contribution < 1.29 is 0 Å². The molecule has 0 fully saturated rings. The van der Waals surface area contributed by atoms with Crippen LogP contribution in [0.5, 0.6) is 0 Å². The van der Waals surface area contributed by atoms with Gasteiger partial charge in [0.1, 0.15) is 0 Å². The molecule has 0 amide bonds. The Balaban J connectivity index is 2.98. The van der Waals surface area contributed by atoms with Crippen LogP contribution in [0, 0.1) is 5.41 Å². The van der Waals surface area contributed by atoms with E-state index in [1.165, 1.54) is 0 Å². The number of hydrogen-bond acceptors (Lipinski definition) is 2. The molecule has 2 nitrogen and oxygen atoms in total. The van der Waals surface area contributed by atoms with E-state index in [0.29, 0.717) is 0 Å². The van der Waals surface area contributed by atoms with Crippen molar-refractivity contribution in [2.75, 3.05) is 0 Å². The fourth-order valence-electron chi connectivity index (χ4n) is 1.46. The maximum Gasteiger partial charge on any atom is 0.0602 e. The van der Waals surface area contributed by atoms with Gasteiger partial charge in [0.25, 0.3) is 0 Å². The molecule has 0 aliphatic carbocycles. The third-order valence-electron chi connectivity index (χ3n) is 2.48. The Bertz CT molecular complexity index is 333. The van der Waals surface area contributed by atoms with Crippen LogP contribution in [-0.4, -0.2) is 11.2 Å². The molecular formula is C14H22N2. The fraction of sp³-hybridized carbons (Fsp3) is 0.500.